The molecule has 0 bridgehead atoms. The fourth-order valence-corrected chi connectivity index (χ4v) is 6.23. The van der Waals surface area contributed by atoms with E-state index in [-0.39, 0.29) is 23.1 Å². The van der Waals surface area contributed by atoms with Crippen molar-refractivity contribution in [3.05, 3.63) is 31.9 Å². The molecule has 3 heterocycles. The fraction of sp³-hybridized carbons (Fsp3) is 0.583. The Labute approximate surface area is 200 Å². The quantitative estimate of drug-likeness (QED) is 0.463. The molecule has 0 radical (unpaired) electrons. The van der Waals surface area contributed by atoms with Crippen LogP contribution in [-0.4, -0.2) is 38.8 Å². The van der Waals surface area contributed by atoms with Crippen LogP contribution in [0.15, 0.2) is 9.70 Å². The predicted molar refractivity (Wildman–Crippen MR) is 136 cm³/mol. The van der Waals surface area contributed by atoms with Gasteiger partial charge in [-0.05, 0) is 57.1 Å². The lowest BCUT2D eigenvalue weighted by Crippen LogP contribution is -2.42. The third-order valence-corrected chi connectivity index (χ3v) is 7.79. The first-order valence-corrected chi connectivity index (χ1v) is 12.6. The molecular formula is C24H32N4O2S2. The monoisotopic (exact) mass is 472 g/mol. The molecule has 1 aromatic rings. The van der Waals surface area contributed by atoms with Gasteiger partial charge in [-0.3, -0.25) is 19.1 Å². The number of nitriles is 1. The van der Waals surface area contributed by atoms with Crippen molar-refractivity contribution >= 4 is 46.1 Å². The van der Waals surface area contributed by atoms with Crippen LogP contribution in [0, 0.1) is 30.1 Å². The molecule has 32 heavy (non-hydrogen) atoms. The van der Waals surface area contributed by atoms with E-state index < -0.39 is 0 Å². The zero-order chi connectivity index (χ0) is 23.7. The molecule has 2 aliphatic heterocycles. The lowest BCUT2D eigenvalue weighted by molar-refractivity contribution is -0.123. The van der Waals surface area contributed by atoms with Gasteiger partial charge in [-0.1, -0.05) is 44.8 Å². The standard InChI is InChI=1S/C24H32N4O2S2/c1-7-16(5)28-23(30)20(32-24(28)31)10-18-17(6)19(11-25)22(29)27(8-2)21(18)26-12-14(3)9-15(4)13-26/h10,14-16H,7-9,12-13H2,1-6H3/b20-10+. The molecule has 172 valence electrons. The molecule has 3 atom stereocenters. The highest BCUT2D eigenvalue weighted by Crippen LogP contribution is 2.38. The summed E-state index contributed by atoms with van der Waals surface area (Å²) in [6.07, 6.45) is 3.81. The number of anilines is 1. The highest BCUT2D eigenvalue weighted by atomic mass is 32.2. The van der Waals surface area contributed by atoms with Crippen molar-refractivity contribution in [2.24, 2.45) is 11.8 Å². The van der Waals surface area contributed by atoms with Crippen LogP contribution < -0.4 is 10.5 Å². The van der Waals surface area contributed by atoms with Gasteiger partial charge < -0.3 is 4.90 Å². The minimum Gasteiger partial charge on any atom is -0.357 e. The predicted octanol–water partition coefficient (Wildman–Crippen LogP) is 4.53. The molecule has 2 fully saturated rings. The smallest absolute Gasteiger partial charge is 0.270 e. The number of rotatable bonds is 5. The number of hydrogen-bond donors (Lipinski definition) is 0. The summed E-state index contributed by atoms with van der Waals surface area (Å²) in [6, 6.07) is 2.12. The van der Waals surface area contributed by atoms with Crippen molar-refractivity contribution < 1.29 is 4.79 Å². The van der Waals surface area contributed by atoms with Gasteiger partial charge in [0.05, 0.1) is 4.91 Å². The molecule has 0 aliphatic carbocycles. The van der Waals surface area contributed by atoms with Crippen molar-refractivity contribution in [1.82, 2.24) is 9.47 Å². The van der Waals surface area contributed by atoms with Gasteiger partial charge in [0.1, 0.15) is 21.8 Å². The van der Waals surface area contributed by atoms with Crippen LogP contribution in [0.25, 0.3) is 6.08 Å². The molecular weight excluding hydrogens is 440 g/mol. The minimum absolute atomic E-state index is 0.0250. The number of nitrogens with zero attached hydrogens (tertiary/aromatic N) is 4. The fourth-order valence-electron chi connectivity index (χ4n) is 4.79. The van der Waals surface area contributed by atoms with Crippen LogP contribution in [0.3, 0.4) is 0 Å². The number of hydrogen-bond acceptors (Lipinski definition) is 6. The second-order valence-corrected chi connectivity index (χ2v) is 10.7. The van der Waals surface area contributed by atoms with Crippen LogP contribution in [0.2, 0.25) is 0 Å². The molecule has 0 saturated carbocycles. The van der Waals surface area contributed by atoms with Crippen LogP contribution in [0.5, 0.6) is 0 Å². The van der Waals surface area contributed by atoms with E-state index in [0.717, 1.165) is 37.3 Å². The normalized spacial score (nSPS) is 23.7. The molecule has 3 rings (SSSR count). The molecule has 6 nitrogen and oxygen atoms in total. The molecule has 8 heteroatoms. The number of carbonyl (C=O) groups is 1. The summed E-state index contributed by atoms with van der Waals surface area (Å²) in [6.45, 7) is 14.3. The van der Waals surface area contributed by atoms with E-state index in [0.29, 0.717) is 33.2 Å². The Bertz CT molecular complexity index is 1060. The Balaban J connectivity index is 2.24. The summed E-state index contributed by atoms with van der Waals surface area (Å²) in [5.41, 5.74) is 1.26. The van der Waals surface area contributed by atoms with Crippen molar-refractivity contribution in [2.75, 3.05) is 18.0 Å². The second kappa shape index (κ2) is 9.80. The largest absolute Gasteiger partial charge is 0.357 e. The molecule has 0 spiro atoms. The number of amides is 1. The van der Waals surface area contributed by atoms with Gasteiger partial charge in [0, 0.05) is 31.2 Å². The van der Waals surface area contributed by atoms with E-state index in [1.807, 2.05) is 33.8 Å². The van der Waals surface area contributed by atoms with E-state index >= 15 is 0 Å². The van der Waals surface area contributed by atoms with Gasteiger partial charge >= 0.3 is 0 Å². The Hall–Kier alpha value is -2.11. The van der Waals surface area contributed by atoms with Gasteiger partial charge in [-0.25, -0.2) is 0 Å². The molecule has 2 saturated heterocycles. The van der Waals surface area contributed by atoms with Crippen LogP contribution in [-0.2, 0) is 11.3 Å². The summed E-state index contributed by atoms with van der Waals surface area (Å²) >= 11 is 6.80. The van der Waals surface area contributed by atoms with Crippen LogP contribution >= 0.6 is 24.0 Å². The average molecular weight is 473 g/mol. The molecule has 0 aromatic carbocycles. The first-order valence-electron chi connectivity index (χ1n) is 11.3. The molecule has 1 aromatic heterocycles. The molecule has 0 N–H and O–H groups in total. The van der Waals surface area contributed by atoms with Crippen LogP contribution in [0.4, 0.5) is 5.82 Å². The van der Waals surface area contributed by atoms with E-state index in [4.69, 9.17) is 12.2 Å². The van der Waals surface area contributed by atoms with E-state index in [2.05, 4.69) is 24.8 Å². The zero-order valence-electron chi connectivity index (χ0n) is 19.8. The first-order chi connectivity index (χ1) is 15.1. The Morgan fingerprint density at radius 2 is 1.88 bits per heavy atom. The van der Waals surface area contributed by atoms with Crippen molar-refractivity contribution in [2.45, 2.75) is 67.0 Å². The average Bonchev–Trinajstić information content (AvgIpc) is 3.01. The maximum absolute atomic E-state index is 13.2. The summed E-state index contributed by atoms with van der Waals surface area (Å²) in [7, 11) is 0. The van der Waals surface area contributed by atoms with Crippen molar-refractivity contribution in [1.29, 1.82) is 5.26 Å². The zero-order valence-corrected chi connectivity index (χ0v) is 21.4. The number of aromatic nitrogens is 1. The highest BCUT2D eigenvalue weighted by molar-refractivity contribution is 8.26. The Morgan fingerprint density at radius 1 is 1.25 bits per heavy atom. The van der Waals surface area contributed by atoms with Crippen LogP contribution in [0.1, 0.15) is 64.2 Å². The molecule has 3 unspecified atom stereocenters. The van der Waals surface area contributed by atoms with Gasteiger partial charge in [0.2, 0.25) is 0 Å². The molecule has 2 aliphatic rings. The van der Waals surface area contributed by atoms with E-state index in [9.17, 15) is 14.9 Å². The lowest BCUT2D eigenvalue weighted by Gasteiger charge is -2.38. The summed E-state index contributed by atoms with van der Waals surface area (Å²) in [5, 5.41) is 9.73. The third kappa shape index (κ3) is 4.38. The topological polar surface area (TPSA) is 69.3 Å². The summed E-state index contributed by atoms with van der Waals surface area (Å²) in [5.74, 6) is 1.69. The lowest BCUT2D eigenvalue weighted by atomic mass is 9.91. The minimum atomic E-state index is -0.266. The SMILES string of the molecule is CCC(C)N1C(=O)/C(=C\c2c(C)c(C#N)c(=O)n(CC)c2N2CC(C)CC(C)C2)SC1=S. The highest BCUT2D eigenvalue weighted by Gasteiger charge is 2.36. The maximum atomic E-state index is 13.2. The van der Waals surface area contributed by atoms with Crippen molar-refractivity contribution in [3.63, 3.8) is 0 Å². The third-order valence-electron chi connectivity index (χ3n) is 6.46. The van der Waals surface area contributed by atoms with Gasteiger partial charge in [0.15, 0.2) is 0 Å². The second-order valence-electron chi connectivity index (χ2n) is 9.06. The summed E-state index contributed by atoms with van der Waals surface area (Å²) in [4.78, 5) is 30.8. The number of pyridine rings is 1. The van der Waals surface area contributed by atoms with Gasteiger partial charge in [-0.2, -0.15) is 5.26 Å². The Morgan fingerprint density at radius 3 is 2.41 bits per heavy atom. The summed E-state index contributed by atoms with van der Waals surface area (Å²) < 4.78 is 2.25. The Kier molecular flexibility index (Phi) is 7.51. The molecule has 1 amide bonds. The first kappa shape index (κ1) is 24.5. The number of thioether (sulfide) groups is 1. The number of piperidine rings is 1. The van der Waals surface area contributed by atoms with Gasteiger partial charge in [-0.15, -0.1) is 0 Å². The van der Waals surface area contributed by atoms with Gasteiger partial charge in [0.25, 0.3) is 11.5 Å². The number of carbonyl (C=O) groups excluding carboxylic acids is 1. The maximum Gasteiger partial charge on any atom is 0.270 e. The van der Waals surface area contributed by atoms with Crippen molar-refractivity contribution in [3.8, 4) is 6.07 Å². The number of thiocarbonyl (C=S) groups is 1. The van der Waals surface area contributed by atoms with E-state index in [1.165, 1.54) is 11.8 Å². The van der Waals surface area contributed by atoms with E-state index in [1.54, 1.807) is 9.47 Å².